The van der Waals surface area contributed by atoms with Crippen LogP contribution in [0.5, 0.6) is 5.75 Å². The number of rotatable bonds is 9. The number of hydrogen-bond donors (Lipinski definition) is 1. The van der Waals surface area contributed by atoms with E-state index in [4.69, 9.17) is 9.47 Å². The molecule has 1 N–H and O–H groups in total. The van der Waals surface area contributed by atoms with Gasteiger partial charge >= 0.3 is 0 Å². The van der Waals surface area contributed by atoms with Crippen LogP contribution in [0.2, 0.25) is 0 Å². The lowest BCUT2D eigenvalue weighted by Gasteiger charge is -2.16. The van der Waals surface area contributed by atoms with Gasteiger partial charge in [-0.25, -0.2) is 4.39 Å². The predicted octanol–water partition coefficient (Wildman–Crippen LogP) is 4.12. The van der Waals surface area contributed by atoms with E-state index in [1.54, 1.807) is 36.4 Å². The molecule has 2 aromatic rings. The molecule has 0 unspecified atom stereocenters. The normalized spacial score (nSPS) is 11.8. The van der Waals surface area contributed by atoms with E-state index >= 15 is 0 Å². The van der Waals surface area contributed by atoms with E-state index in [1.807, 2.05) is 0 Å². The minimum atomic E-state index is -0.406. The van der Waals surface area contributed by atoms with Crippen molar-refractivity contribution in [1.82, 2.24) is 5.32 Å². The van der Waals surface area contributed by atoms with Gasteiger partial charge in [-0.3, -0.25) is 4.79 Å². The molecule has 1 atom stereocenters. The molecule has 2 aromatic carbocycles. The Balaban J connectivity index is 1.90. The lowest BCUT2D eigenvalue weighted by Crippen LogP contribution is -2.29. The lowest BCUT2D eigenvalue weighted by atomic mass is 10.1. The molecule has 134 valence electrons. The van der Waals surface area contributed by atoms with Crippen molar-refractivity contribution in [2.75, 3.05) is 20.3 Å². The van der Waals surface area contributed by atoms with Crippen LogP contribution in [0, 0.1) is 5.82 Å². The first-order chi connectivity index (χ1) is 12.1. The summed E-state index contributed by atoms with van der Waals surface area (Å²) in [5.74, 6) is 0.211. The third-order valence-electron chi connectivity index (χ3n) is 3.84. The van der Waals surface area contributed by atoms with Gasteiger partial charge in [-0.2, -0.15) is 0 Å². The van der Waals surface area contributed by atoms with Crippen LogP contribution < -0.4 is 10.1 Å². The second-order valence-corrected chi connectivity index (χ2v) is 5.72. The molecule has 4 nitrogen and oxygen atoms in total. The first-order valence-corrected chi connectivity index (χ1v) is 8.43. The molecule has 0 aromatic heterocycles. The summed E-state index contributed by atoms with van der Waals surface area (Å²) in [6.07, 6.45) is 1.67. The first-order valence-electron chi connectivity index (χ1n) is 8.43. The summed E-state index contributed by atoms with van der Waals surface area (Å²) in [5, 5.41) is 2.81. The minimum absolute atomic E-state index is 0.210. The monoisotopic (exact) mass is 345 g/mol. The quantitative estimate of drug-likeness (QED) is 0.696. The van der Waals surface area contributed by atoms with Gasteiger partial charge in [-0.05, 0) is 48.4 Å². The summed E-state index contributed by atoms with van der Waals surface area (Å²) < 4.78 is 24.3. The number of nitrogens with one attached hydrogen (secondary N) is 1. The van der Waals surface area contributed by atoms with Crippen LogP contribution in [-0.2, 0) is 4.74 Å². The number of carbonyl (C=O) groups is 1. The van der Waals surface area contributed by atoms with Crippen molar-refractivity contribution >= 4 is 5.91 Å². The second kappa shape index (κ2) is 9.79. The van der Waals surface area contributed by atoms with Gasteiger partial charge in [0.2, 0.25) is 0 Å². The molecular formula is C20H24FNO3. The maximum absolute atomic E-state index is 13.3. The van der Waals surface area contributed by atoms with Gasteiger partial charge in [0.15, 0.2) is 0 Å². The second-order valence-electron chi connectivity index (χ2n) is 5.72. The van der Waals surface area contributed by atoms with Crippen molar-refractivity contribution in [2.24, 2.45) is 0 Å². The molecule has 0 heterocycles. The molecule has 0 fully saturated rings. The Bertz CT molecular complexity index is 673. The Kier molecular flexibility index (Phi) is 7.41. The number of methoxy groups -OCH3 is 1. The Labute approximate surface area is 148 Å². The fourth-order valence-corrected chi connectivity index (χ4v) is 2.37. The highest BCUT2D eigenvalue weighted by Gasteiger charge is 2.13. The lowest BCUT2D eigenvalue weighted by molar-refractivity contribution is 0.0827. The van der Waals surface area contributed by atoms with Crippen molar-refractivity contribution < 1.29 is 18.7 Å². The first kappa shape index (κ1) is 18.9. The van der Waals surface area contributed by atoms with Crippen LogP contribution >= 0.6 is 0 Å². The molecule has 5 heteroatoms. The fourth-order valence-electron chi connectivity index (χ4n) is 2.37. The topological polar surface area (TPSA) is 47.6 Å². The van der Waals surface area contributed by atoms with Crippen molar-refractivity contribution in [3.8, 4) is 5.75 Å². The smallest absolute Gasteiger partial charge is 0.251 e. The van der Waals surface area contributed by atoms with Crippen molar-refractivity contribution in [3.05, 3.63) is 65.5 Å². The van der Waals surface area contributed by atoms with Crippen molar-refractivity contribution in [2.45, 2.75) is 25.9 Å². The highest BCUT2D eigenvalue weighted by atomic mass is 19.1. The van der Waals surface area contributed by atoms with E-state index in [-0.39, 0.29) is 18.3 Å². The SMILES string of the molecule is CCCCOc1ccc(C(=O)NC[C@H](OC)c2cccc(F)c2)cc1. The minimum Gasteiger partial charge on any atom is -0.494 e. The molecule has 1 amide bonds. The van der Waals surface area contributed by atoms with Gasteiger partial charge < -0.3 is 14.8 Å². The van der Waals surface area contributed by atoms with Crippen molar-refractivity contribution in [3.63, 3.8) is 0 Å². The van der Waals surface area contributed by atoms with E-state index in [1.165, 1.54) is 19.2 Å². The number of ether oxygens (including phenoxy) is 2. The number of amides is 1. The molecule has 0 spiro atoms. The Morgan fingerprint density at radius 2 is 1.96 bits per heavy atom. The molecule has 0 saturated heterocycles. The number of unbranched alkanes of at least 4 members (excludes halogenated alkanes) is 1. The number of carbonyl (C=O) groups excluding carboxylic acids is 1. The average molecular weight is 345 g/mol. The van der Waals surface area contributed by atoms with E-state index < -0.39 is 6.10 Å². The molecule has 0 aliphatic heterocycles. The largest absolute Gasteiger partial charge is 0.494 e. The van der Waals surface area contributed by atoms with Crippen LogP contribution in [-0.4, -0.2) is 26.2 Å². The molecule has 0 radical (unpaired) electrons. The van der Waals surface area contributed by atoms with Crippen LogP contribution in [0.4, 0.5) is 4.39 Å². The fraction of sp³-hybridized carbons (Fsp3) is 0.350. The Morgan fingerprint density at radius 1 is 1.20 bits per heavy atom. The van der Waals surface area contributed by atoms with Gasteiger partial charge in [0.1, 0.15) is 11.6 Å². The van der Waals surface area contributed by atoms with Gasteiger partial charge in [0.25, 0.3) is 5.91 Å². The number of hydrogen-bond acceptors (Lipinski definition) is 3. The molecule has 0 aliphatic carbocycles. The third kappa shape index (κ3) is 5.87. The van der Waals surface area contributed by atoms with Crippen LogP contribution in [0.25, 0.3) is 0 Å². The molecular weight excluding hydrogens is 321 g/mol. The standard InChI is InChI=1S/C20H24FNO3/c1-3-4-12-25-18-10-8-15(9-11-18)20(23)22-14-19(24-2)16-6-5-7-17(21)13-16/h5-11,13,19H,3-4,12,14H2,1-2H3,(H,22,23)/t19-/m0/s1. The molecule has 0 bridgehead atoms. The molecule has 25 heavy (non-hydrogen) atoms. The summed E-state index contributed by atoms with van der Waals surface area (Å²) in [4.78, 5) is 12.3. The van der Waals surface area contributed by atoms with E-state index in [0.29, 0.717) is 17.7 Å². The number of halogens is 1. The Morgan fingerprint density at radius 3 is 2.60 bits per heavy atom. The van der Waals surface area contributed by atoms with Gasteiger partial charge in [-0.1, -0.05) is 25.5 Å². The van der Waals surface area contributed by atoms with E-state index in [2.05, 4.69) is 12.2 Å². The maximum Gasteiger partial charge on any atom is 0.251 e. The Hall–Kier alpha value is -2.40. The summed E-state index contributed by atoms with van der Waals surface area (Å²) in [6, 6.07) is 13.2. The van der Waals surface area contributed by atoms with Crippen LogP contribution in [0.15, 0.2) is 48.5 Å². The predicted molar refractivity (Wildman–Crippen MR) is 95.3 cm³/mol. The summed E-state index contributed by atoms with van der Waals surface area (Å²) in [6.45, 7) is 3.03. The summed E-state index contributed by atoms with van der Waals surface area (Å²) in [5.41, 5.74) is 1.22. The third-order valence-corrected chi connectivity index (χ3v) is 3.84. The summed E-state index contributed by atoms with van der Waals surface area (Å²) in [7, 11) is 1.53. The highest BCUT2D eigenvalue weighted by Crippen LogP contribution is 2.17. The zero-order chi connectivity index (χ0) is 18.1. The van der Waals surface area contributed by atoms with Gasteiger partial charge in [-0.15, -0.1) is 0 Å². The molecule has 2 rings (SSSR count). The number of benzene rings is 2. The zero-order valence-electron chi connectivity index (χ0n) is 14.6. The van der Waals surface area contributed by atoms with E-state index in [9.17, 15) is 9.18 Å². The highest BCUT2D eigenvalue weighted by molar-refractivity contribution is 5.94. The zero-order valence-corrected chi connectivity index (χ0v) is 14.6. The van der Waals surface area contributed by atoms with Crippen LogP contribution in [0.1, 0.15) is 41.8 Å². The van der Waals surface area contributed by atoms with Gasteiger partial charge in [0, 0.05) is 19.2 Å². The molecule has 0 aliphatic rings. The van der Waals surface area contributed by atoms with Gasteiger partial charge in [0.05, 0.1) is 12.7 Å². The maximum atomic E-state index is 13.3. The molecule has 0 saturated carbocycles. The summed E-state index contributed by atoms with van der Waals surface area (Å²) >= 11 is 0. The average Bonchev–Trinajstić information content (AvgIpc) is 2.63. The van der Waals surface area contributed by atoms with E-state index in [0.717, 1.165) is 18.6 Å². The van der Waals surface area contributed by atoms with Crippen molar-refractivity contribution in [1.29, 1.82) is 0 Å². The van der Waals surface area contributed by atoms with Crippen LogP contribution in [0.3, 0.4) is 0 Å².